The molecule has 0 bridgehead atoms. The summed E-state index contributed by atoms with van der Waals surface area (Å²) < 4.78 is 1.24. The average molecular weight is 340 g/mol. The van der Waals surface area contributed by atoms with Gasteiger partial charge in [-0.05, 0) is 57.2 Å². The van der Waals surface area contributed by atoms with Crippen molar-refractivity contribution >= 4 is 15.9 Å². The molecular weight excluding hydrogens is 310 g/mol. The van der Waals surface area contributed by atoms with Gasteiger partial charge < -0.3 is 5.32 Å². The Morgan fingerprint density at radius 3 is 2.15 bits per heavy atom. The molecule has 0 spiro atoms. The molecule has 0 amide bonds. The highest BCUT2D eigenvalue weighted by Gasteiger charge is 2.21. The van der Waals surface area contributed by atoms with E-state index in [9.17, 15) is 0 Å². The zero-order chi connectivity index (χ0) is 15.2. The molecule has 1 nitrogen and oxygen atoms in total. The molecule has 1 N–H and O–H groups in total. The van der Waals surface area contributed by atoms with Gasteiger partial charge in [0.1, 0.15) is 0 Å². The molecule has 1 rings (SSSR count). The van der Waals surface area contributed by atoms with Crippen LogP contribution in [0.4, 0.5) is 0 Å². The van der Waals surface area contributed by atoms with Gasteiger partial charge >= 0.3 is 0 Å². The van der Waals surface area contributed by atoms with E-state index in [-0.39, 0.29) is 5.54 Å². The Bertz CT molecular complexity index is 391. The van der Waals surface area contributed by atoms with E-state index in [2.05, 4.69) is 80.1 Å². The Morgan fingerprint density at radius 1 is 1.05 bits per heavy atom. The highest BCUT2D eigenvalue weighted by Crippen LogP contribution is 2.27. The van der Waals surface area contributed by atoms with Crippen molar-refractivity contribution in [2.24, 2.45) is 11.8 Å². The van der Waals surface area contributed by atoms with E-state index in [0.717, 1.165) is 18.9 Å². The number of hydrogen-bond donors (Lipinski definition) is 1. The van der Waals surface area contributed by atoms with E-state index in [1.54, 1.807) is 0 Å². The van der Waals surface area contributed by atoms with Crippen molar-refractivity contribution in [2.75, 3.05) is 6.54 Å². The van der Waals surface area contributed by atoms with Crippen LogP contribution in [-0.2, 0) is 6.42 Å². The third-order valence-electron chi connectivity index (χ3n) is 4.05. The first-order valence-electron chi connectivity index (χ1n) is 7.85. The lowest BCUT2D eigenvalue weighted by Gasteiger charge is -2.30. The number of hydrogen-bond acceptors (Lipinski definition) is 1. The predicted octanol–water partition coefficient (Wildman–Crippen LogP) is 5.43. The maximum absolute atomic E-state index is 3.70. The van der Waals surface area contributed by atoms with E-state index in [1.165, 1.54) is 22.9 Å². The molecule has 1 aromatic carbocycles. The van der Waals surface area contributed by atoms with E-state index < -0.39 is 0 Å². The summed E-state index contributed by atoms with van der Waals surface area (Å²) in [6, 6.07) is 8.63. The highest BCUT2D eigenvalue weighted by atomic mass is 79.9. The van der Waals surface area contributed by atoms with Crippen LogP contribution in [0.5, 0.6) is 0 Å². The molecule has 1 aromatic rings. The smallest absolute Gasteiger partial charge is 0.0207 e. The number of halogens is 1. The molecule has 0 aliphatic rings. The van der Waals surface area contributed by atoms with Gasteiger partial charge in [-0.25, -0.2) is 0 Å². The molecule has 0 fully saturated rings. The molecule has 0 aliphatic heterocycles. The van der Waals surface area contributed by atoms with E-state index in [0.29, 0.717) is 5.92 Å². The molecule has 1 atom stereocenters. The standard InChI is InChI=1S/C18H30BrN/c1-6-14(7-2)16(13-20-18(3,4)5)12-15-10-8-9-11-17(15)19/h8-11,14,16,20H,6-7,12-13H2,1-5H3. The maximum atomic E-state index is 3.70. The lowest BCUT2D eigenvalue weighted by atomic mass is 9.83. The molecule has 0 aromatic heterocycles. The zero-order valence-corrected chi connectivity index (χ0v) is 15.3. The molecule has 2 heteroatoms. The Hall–Kier alpha value is -0.340. The molecule has 0 saturated carbocycles. The first kappa shape index (κ1) is 17.7. The van der Waals surface area contributed by atoms with Crippen molar-refractivity contribution < 1.29 is 0 Å². The molecular formula is C18H30BrN. The fraction of sp³-hybridized carbons (Fsp3) is 0.667. The maximum Gasteiger partial charge on any atom is 0.0207 e. The summed E-state index contributed by atoms with van der Waals surface area (Å²) in [6.45, 7) is 12.5. The fourth-order valence-electron chi connectivity index (χ4n) is 2.74. The molecule has 0 saturated heterocycles. The number of nitrogens with one attached hydrogen (secondary N) is 1. The van der Waals surface area contributed by atoms with Crippen LogP contribution in [0.2, 0.25) is 0 Å². The monoisotopic (exact) mass is 339 g/mol. The number of benzene rings is 1. The minimum Gasteiger partial charge on any atom is -0.312 e. The van der Waals surface area contributed by atoms with Gasteiger partial charge in [0, 0.05) is 10.0 Å². The van der Waals surface area contributed by atoms with E-state index in [1.807, 2.05) is 0 Å². The van der Waals surface area contributed by atoms with E-state index >= 15 is 0 Å². The topological polar surface area (TPSA) is 12.0 Å². The second-order valence-electron chi connectivity index (χ2n) is 6.76. The fourth-order valence-corrected chi connectivity index (χ4v) is 3.19. The zero-order valence-electron chi connectivity index (χ0n) is 13.7. The van der Waals surface area contributed by atoms with Crippen LogP contribution >= 0.6 is 15.9 Å². The minimum absolute atomic E-state index is 0.193. The largest absolute Gasteiger partial charge is 0.312 e. The third-order valence-corrected chi connectivity index (χ3v) is 4.82. The van der Waals surface area contributed by atoms with Gasteiger partial charge in [0.05, 0.1) is 0 Å². The van der Waals surface area contributed by atoms with Gasteiger partial charge in [0.2, 0.25) is 0 Å². The number of rotatable bonds is 7. The first-order chi connectivity index (χ1) is 9.37. The summed E-state index contributed by atoms with van der Waals surface area (Å²) in [7, 11) is 0. The van der Waals surface area contributed by atoms with Crippen LogP contribution < -0.4 is 5.32 Å². The third kappa shape index (κ3) is 5.97. The summed E-state index contributed by atoms with van der Waals surface area (Å²) in [5.74, 6) is 1.49. The lowest BCUT2D eigenvalue weighted by molar-refractivity contribution is 0.270. The lowest BCUT2D eigenvalue weighted by Crippen LogP contribution is -2.41. The quantitative estimate of drug-likeness (QED) is 0.698. The minimum atomic E-state index is 0.193. The second-order valence-corrected chi connectivity index (χ2v) is 7.62. The van der Waals surface area contributed by atoms with Crippen LogP contribution in [0.1, 0.15) is 53.0 Å². The van der Waals surface area contributed by atoms with Crippen molar-refractivity contribution in [1.82, 2.24) is 5.32 Å². The van der Waals surface area contributed by atoms with Crippen molar-refractivity contribution in [3.05, 3.63) is 34.3 Å². The first-order valence-corrected chi connectivity index (χ1v) is 8.65. The van der Waals surface area contributed by atoms with Gasteiger partial charge in [-0.2, -0.15) is 0 Å². The molecule has 20 heavy (non-hydrogen) atoms. The summed E-state index contributed by atoms with van der Waals surface area (Å²) in [5.41, 5.74) is 1.62. The van der Waals surface area contributed by atoms with Gasteiger partial charge in [0.25, 0.3) is 0 Å². The van der Waals surface area contributed by atoms with Crippen LogP contribution in [0, 0.1) is 11.8 Å². The summed E-state index contributed by atoms with van der Waals surface area (Å²) in [6.07, 6.45) is 3.67. The average Bonchev–Trinajstić information content (AvgIpc) is 2.38. The second kappa shape index (κ2) is 8.19. The van der Waals surface area contributed by atoms with Crippen LogP contribution in [0.25, 0.3) is 0 Å². The van der Waals surface area contributed by atoms with Crippen molar-refractivity contribution in [3.63, 3.8) is 0 Å². The highest BCUT2D eigenvalue weighted by molar-refractivity contribution is 9.10. The van der Waals surface area contributed by atoms with Gasteiger partial charge in [-0.15, -0.1) is 0 Å². The Morgan fingerprint density at radius 2 is 1.65 bits per heavy atom. The Balaban J connectivity index is 2.79. The van der Waals surface area contributed by atoms with Crippen LogP contribution in [0.15, 0.2) is 28.7 Å². The SMILES string of the molecule is CCC(CC)C(CNC(C)(C)C)Cc1ccccc1Br. The molecule has 0 radical (unpaired) electrons. The molecule has 1 unspecified atom stereocenters. The predicted molar refractivity (Wildman–Crippen MR) is 93.2 cm³/mol. The van der Waals surface area contributed by atoms with Crippen molar-refractivity contribution in [3.8, 4) is 0 Å². The summed E-state index contributed by atoms with van der Waals surface area (Å²) in [4.78, 5) is 0. The van der Waals surface area contributed by atoms with Gasteiger partial charge in [-0.1, -0.05) is 60.8 Å². The molecule has 0 heterocycles. The van der Waals surface area contributed by atoms with Crippen LogP contribution in [-0.4, -0.2) is 12.1 Å². The summed E-state index contributed by atoms with van der Waals surface area (Å²) >= 11 is 3.69. The summed E-state index contributed by atoms with van der Waals surface area (Å²) in [5, 5.41) is 3.70. The van der Waals surface area contributed by atoms with Crippen LogP contribution in [0.3, 0.4) is 0 Å². The van der Waals surface area contributed by atoms with Gasteiger partial charge in [0.15, 0.2) is 0 Å². The Kier molecular flexibility index (Phi) is 7.25. The van der Waals surface area contributed by atoms with Gasteiger partial charge in [-0.3, -0.25) is 0 Å². The Labute approximate surface area is 133 Å². The normalized spacial score (nSPS) is 13.8. The van der Waals surface area contributed by atoms with Crippen molar-refractivity contribution in [2.45, 2.75) is 59.4 Å². The van der Waals surface area contributed by atoms with Crippen molar-refractivity contribution in [1.29, 1.82) is 0 Å². The van der Waals surface area contributed by atoms with E-state index in [4.69, 9.17) is 0 Å². The molecule has 0 aliphatic carbocycles. The molecule has 114 valence electrons.